The van der Waals surface area contributed by atoms with Gasteiger partial charge >= 0.3 is 39.5 Å². The van der Waals surface area contributed by atoms with Gasteiger partial charge in [0.1, 0.15) is 19.3 Å². The van der Waals surface area contributed by atoms with E-state index in [9.17, 15) is 43.2 Å². The van der Waals surface area contributed by atoms with Gasteiger partial charge in [-0.2, -0.15) is 0 Å². The Kier molecular flexibility index (Phi) is 78.0. The van der Waals surface area contributed by atoms with Gasteiger partial charge in [0, 0.05) is 25.7 Å². The van der Waals surface area contributed by atoms with Crippen LogP contribution in [-0.4, -0.2) is 96.7 Å². The SMILES string of the molecule is CCCCC/C=C\C/C=C\C/C=C\C/C=C\CCCC(=O)OC[C@H](COP(=O)(O)OCC(O)COP(=O)(O)OC[C@@H](COC(=O)CCC/C=C\C/C=C\C/C=C\C/C=C\CCCCC)OC(=O)CCCCCCCCCCCCCCCCCCC)OC(=O)CCCCCCCCCCCCCCCCCCC. The van der Waals surface area contributed by atoms with Crippen molar-refractivity contribution in [2.75, 3.05) is 39.6 Å². The number of carbonyl (C=O) groups is 4. The van der Waals surface area contributed by atoms with Crippen LogP contribution in [0.25, 0.3) is 0 Å². The second-order valence-corrected chi connectivity index (χ2v) is 32.0. The van der Waals surface area contributed by atoms with Crippen molar-refractivity contribution in [3.63, 3.8) is 0 Å². The first kappa shape index (κ1) is 104. The van der Waals surface area contributed by atoms with E-state index in [0.717, 1.165) is 103 Å². The number of aliphatic hydroxyl groups is 1. The number of carbonyl (C=O) groups excluding carboxylic acids is 4. The molecule has 0 aliphatic heterocycles. The quantitative estimate of drug-likeness (QED) is 0.0169. The molecule has 108 heavy (non-hydrogen) atoms. The molecule has 3 N–H and O–H groups in total. The summed E-state index contributed by atoms with van der Waals surface area (Å²) in [4.78, 5) is 73.2. The summed E-state index contributed by atoms with van der Waals surface area (Å²) in [7, 11) is -9.99. The first-order valence-electron chi connectivity index (χ1n) is 43.5. The minimum atomic E-state index is -4.99. The number of aliphatic hydroxyl groups excluding tert-OH is 1. The van der Waals surface area contributed by atoms with Crippen LogP contribution < -0.4 is 0 Å². The smallest absolute Gasteiger partial charge is 0.462 e. The van der Waals surface area contributed by atoms with E-state index < -0.39 is 97.5 Å². The Labute approximate surface area is 658 Å². The molecule has 19 heteroatoms. The van der Waals surface area contributed by atoms with Crippen LogP contribution in [-0.2, 0) is 65.4 Å². The lowest BCUT2D eigenvalue weighted by Gasteiger charge is -2.21. The number of phosphoric acid groups is 2. The molecule has 4 atom stereocenters. The fourth-order valence-electron chi connectivity index (χ4n) is 11.9. The van der Waals surface area contributed by atoms with Gasteiger partial charge in [-0.25, -0.2) is 9.13 Å². The molecule has 0 spiro atoms. The summed E-state index contributed by atoms with van der Waals surface area (Å²) in [6.45, 7) is 4.79. The van der Waals surface area contributed by atoms with Crippen molar-refractivity contribution < 1.29 is 80.2 Å². The van der Waals surface area contributed by atoms with Crippen LogP contribution in [0.5, 0.6) is 0 Å². The van der Waals surface area contributed by atoms with E-state index >= 15 is 0 Å². The van der Waals surface area contributed by atoms with Gasteiger partial charge < -0.3 is 33.8 Å². The molecular formula is C89H158O17P2. The van der Waals surface area contributed by atoms with E-state index in [1.165, 1.54) is 193 Å². The highest BCUT2D eigenvalue weighted by Gasteiger charge is 2.30. The normalized spacial score (nSPS) is 14.2. The summed E-state index contributed by atoms with van der Waals surface area (Å²) in [6.07, 6.45) is 88.1. The van der Waals surface area contributed by atoms with Crippen LogP contribution in [0, 0.1) is 0 Å². The fourth-order valence-corrected chi connectivity index (χ4v) is 13.5. The Balaban J connectivity index is 5.43. The zero-order valence-corrected chi connectivity index (χ0v) is 70.6. The summed E-state index contributed by atoms with van der Waals surface area (Å²) < 4.78 is 68.8. The summed E-state index contributed by atoms with van der Waals surface area (Å²) in [5.41, 5.74) is 0. The molecule has 0 aromatic carbocycles. The number of esters is 4. The Hall–Kier alpha value is -4.02. The van der Waals surface area contributed by atoms with Crippen molar-refractivity contribution >= 4 is 39.5 Å². The van der Waals surface area contributed by atoms with Crippen molar-refractivity contribution in [2.45, 2.75) is 406 Å². The molecule has 17 nitrogen and oxygen atoms in total. The Morgan fingerprint density at radius 1 is 0.259 bits per heavy atom. The first-order valence-corrected chi connectivity index (χ1v) is 46.5. The van der Waals surface area contributed by atoms with Gasteiger partial charge in [-0.1, -0.05) is 356 Å². The van der Waals surface area contributed by atoms with Crippen molar-refractivity contribution in [2.24, 2.45) is 0 Å². The molecule has 0 aromatic rings. The molecule has 0 saturated carbocycles. The van der Waals surface area contributed by atoms with Crippen molar-refractivity contribution in [3.8, 4) is 0 Å². The third-order valence-electron chi connectivity index (χ3n) is 18.6. The number of allylic oxidation sites excluding steroid dienone is 16. The molecule has 626 valence electrons. The summed E-state index contributed by atoms with van der Waals surface area (Å²) in [5.74, 6) is -2.27. The van der Waals surface area contributed by atoms with Gasteiger partial charge in [0.15, 0.2) is 12.2 Å². The highest BCUT2D eigenvalue weighted by molar-refractivity contribution is 7.47. The third-order valence-corrected chi connectivity index (χ3v) is 20.5. The standard InChI is InChI=1S/C89H158O17P2/c1-5-9-13-17-21-25-29-33-37-41-45-49-53-57-61-65-69-73-86(91)99-79-84(105-88(93)75-71-67-63-59-55-51-47-43-39-35-31-27-23-19-15-11-7-3)81-103-107(95,96)101-77-83(90)78-102-108(97,98)104-82-85(106-89(94)76-72-68-64-60-56-52-48-44-40-36-32-28-24-20-16-12-8-4)80-100-87(92)74-70-66-62-58-54-50-46-42-38-34-30-26-22-18-14-10-6-2/h21-22,25-26,33-34,37-38,45-46,49-50,57-58,61-62,83-85,90H,5-20,23-24,27-32,35-36,39-44,47-48,51-56,59-60,63-82H2,1-4H3,(H,95,96)(H,97,98)/b25-21-,26-22-,37-33-,38-34-,49-45-,50-46-,61-57-,62-58-/t84-,85-/m1/s1. The maximum Gasteiger partial charge on any atom is 0.472 e. The summed E-state index contributed by atoms with van der Waals surface area (Å²) >= 11 is 0. The van der Waals surface area contributed by atoms with Gasteiger partial charge in [0.2, 0.25) is 0 Å². The van der Waals surface area contributed by atoms with Gasteiger partial charge in [0.25, 0.3) is 0 Å². The second kappa shape index (κ2) is 81.0. The zero-order chi connectivity index (χ0) is 78.9. The number of unbranched alkanes of at least 4 members (excludes halogenated alkanes) is 40. The number of phosphoric ester groups is 2. The topological polar surface area (TPSA) is 237 Å². The number of hydrogen-bond donors (Lipinski definition) is 3. The van der Waals surface area contributed by atoms with E-state index in [1.54, 1.807) is 0 Å². The van der Waals surface area contributed by atoms with Gasteiger partial charge in [-0.15, -0.1) is 0 Å². The van der Waals surface area contributed by atoms with E-state index in [0.29, 0.717) is 38.5 Å². The second-order valence-electron chi connectivity index (χ2n) is 29.1. The molecule has 0 aromatic heterocycles. The molecule has 2 unspecified atom stereocenters. The van der Waals surface area contributed by atoms with Crippen LogP contribution in [0.3, 0.4) is 0 Å². The highest BCUT2D eigenvalue weighted by atomic mass is 31.2. The van der Waals surface area contributed by atoms with E-state index in [-0.39, 0.29) is 25.7 Å². The predicted octanol–water partition coefficient (Wildman–Crippen LogP) is 25.9. The largest absolute Gasteiger partial charge is 0.472 e. The Morgan fingerprint density at radius 2 is 0.463 bits per heavy atom. The van der Waals surface area contributed by atoms with Crippen molar-refractivity contribution in [1.29, 1.82) is 0 Å². The minimum Gasteiger partial charge on any atom is -0.462 e. The van der Waals surface area contributed by atoms with E-state index in [1.807, 2.05) is 24.3 Å². The molecule has 0 aliphatic carbocycles. The lowest BCUT2D eigenvalue weighted by molar-refractivity contribution is -0.161. The molecule has 0 saturated heterocycles. The molecule has 0 rings (SSSR count). The van der Waals surface area contributed by atoms with E-state index in [4.69, 9.17) is 37.0 Å². The lowest BCUT2D eigenvalue weighted by atomic mass is 10.0. The van der Waals surface area contributed by atoms with Crippen LogP contribution in [0.1, 0.15) is 387 Å². The lowest BCUT2D eigenvalue weighted by Crippen LogP contribution is -2.30. The van der Waals surface area contributed by atoms with Crippen LogP contribution >= 0.6 is 15.6 Å². The Bertz CT molecular complexity index is 2260. The fraction of sp³-hybridized carbons (Fsp3) is 0.775. The van der Waals surface area contributed by atoms with Gasteiger partial charge in [0.05, 0.1) is 26.4 Å². The number of hydrogen-bond acceptors (Lipinski definition) is 15. The average molecular weight is 1560 g/mol. The monoisotopic (exact) mass is 1560 g/mol. The molecule has 0 bridgehead atoms. The molecule has 0 heterocycles. The predicted molar refractivity (Wildman–Crippen MR) is 446 cm³/mol. The maximum atomic E-state index is 13.1. The zero-order valence-electron chi connectivity index (χ0n) is 68.8. The van der Waals surface area contributed by atoms with Crippen molar-refractivity contribution in [1.82, 2.24) is 0 Å². The Morgan fingerprint density at radius 3 is 0.722 bits per heavy atom. The van der Waals surface area contributed by atoms with Crippen LogP contribution in [0.4, 0.5) is 0 Å². The average Bonchev–Trinajstić information content (AvgIpc) is 0.880. The molecule has 0 amide bonds. The van der Waals surface area contributed by atoms with Crippen LogP contribution in [0.2, 0.25) is 0 Å². The molecule has 0 aliphatic rings. The summed E-state index contributed by atoms with van der Waals surface area (Å²) in [6, 6.07) is 0. The molecular weight excluding hydrogens is 1400 g/mol. The first-order chi connectivity index (χ1) is 52.7. The van der Waals surface area contributed by atoms with Gasteiger partial charge in [-0.05, 0) is 103 Å². The molecule has 0 fully saturated rings. The number of rotatable bonds is 82. The minimum absolute atomic E-state index is 0.0865. The van der Waals surface area contributed by atoms with E-state index in [2.05, 4.69) is 101 Å². The third kappa shape index (κ3) is 80.0. The molecule has 0 radical (unpaired) electrons. The summed E-state index contributed by atoms with van der Waals surface area (Å²) in [5, 5.41) is 10.7. The van der Waals surface area contributed by atoms with Crippen LogP contribution in [0.15, 0.2) is 97.2 Å². The highest BCUT2D eigenvalue weighted by Crippen LogP contribution is 2.45. The van der Waals surface area contributed by atoms with Crippen molar-refractivity contribution in [3.05, 3.63) is 97.2 Å². The van der Waals surface area contributed by atoms with Gasteiger partial charge in [-0.3, -0.25) is 37.3 Å². The number of ether oxygens (including phenoxy) is 4. The maximum absolute atomic E-state index is 13.1.